The smallest absolute Gasteiger partial charge is 0.161 e. The molecule has 1 atom stereocenters. The number of rotatable bonds is 7. The number of hydrogen-bond acceptors (Lipinski definition) is 4. The molecule has 3 rings (SSSR count). The number of halogens is 2. The summed E-state index contributed by atoms with van der Waals surface area (Å²) in [7, 11) is 1.69. The molecule has 4 nitrogen and oxygen atoms in total. The zero-order chi connectivity index (χ0) is 17.5. The Labute approximate surface area is 175 Å². The average Bonchev–Trinajstić information content (AvgIpc) is 2.69. The maximum atomic E-state index is 6.08. The highest BCUT2D eigenvalue weighted by Gasteiger charge is 2.21. The highest BCUT2D eigenvalue weighted by molar-refractivity contribution is 5.85. The molecule has 0 radical (unpaired) electrons. The standard InChI is InChI=1S/C21H28N2O2.2ClH/c1-3-19(23-13-11-22-12-14-23)18-9-10-20(24-2)21(15-18)25-16-17-7-5-4-6-8-17;;/h4-10,15,19,22H,3,11-14,16H2,1-2H3;2*1H/t19-;;/m1../s1. The van der Waals surface area contributed by atoms with E-state index in [0.29, 0.717) is 12.6 Å². The fourth-order valence-electron chi connectivity index (χ4n) is 3.45. The molecule has 0 unspecified atom stereocenters. The van der Waals surface area contributed by atoms with Crippen molar-refractivity contribution in [3.05, 3.63) is 59.7 Å². The summed E-state index contributed by atoms with van der Waals surface area (Å²) in [4.78, 5) is 2.55. The van der Waals surface area contributed by atoms with Crippen LogP contribution in [0.1, 0.15) is 30.5 Å². The van der Waals surface area contributed by atoms with E-state index in [1.807, 2.05) is 24.3 Å². The van der Waals surface area contributed by atoms with Crippen molar-refractivity contribution in [1.29, 1.82) is 0 Å². The van der Waals surface area contributed by atoms with Crippen LogP contribution in [0.25, 0.3) is 0 Å². The summed E-state index contributed by atoms with van der Waals surface area (Å²) in [6.45, 7) is 7.09. The van der Waals surface area contributed by atoms with Gasteiger partial charge < -0.3 is 14.8 Å². The molecule has 150 valence electrons. The Hall–Kier alpha value is -1.46. The van der Waals surface area contributed by atoms with Crippen LogP contribution in [-0.4, -0.2) is 38.2 Å². The monoisotopic (exact) mass is 412 g/mol. The van der Waals surface area contributed by atoms with Crippen LogP contribution in [0.15, 0.2) is 48.5 Å². The fraction of sp³-hybridized carbons (Fsp3) is 0.429. The number of hydrogen-bond donors (Lipinski definition) is 1. The Morgan fingerprint density at radius 2 is 1.70 bits per heavy atom. The fourth-order valence-corrected chi connectivity index (χ4v) is 3.45. The molecular formula is C21H30Cl2N2O2. The maximum Gasteiger partial charge on any atom is 0.161 e. The van der Waals surface area contributed by atoms with E-state index >= 15 is 0 Å². The normalized spacial score (nSPS) is 15.2. The predicted molar refractivity (Wildman–Crippen MR) is 116 cm³/mol. The van der Waals surface area contributed by atoms with Crippen molar-refractivity contribution in [3.63, 3.8) is 0 Å². The summed E-state index contributed by atoms with van der Waals surface area (Å²) in [6.07, 6.45) is 1.09. The molecule has 1 aliphatic heterocycles. The molecule has 1 saturated heterocycles. The second-order valence-corrected chi connectivity index (χ2v) is 6.39. The van der Waals surface area contributed by atoms with Crippen molar-refractivity contribution in [1.82, 2.24) is 10.2 Å². The van der Waals surface area contributed by atoms with E-state index in [1.165, 1.54) is 5.56 Å². The Morgan fingerprint density at radius 3 is 2.33 bits per heavy atom. The first kappa shape index (κ1) is 23.6. The molecule has 2 aromatic carbocycles. The summed E-state index contributed by atoms with van der Waals surface area (Å²) in [5, 5.41) is 3.43. The first-order chi connectivity index (χ1) is 12.3. The summed E-state index contributed by atoms with van der Waals surface area (Å²) in [6, 6.07) is 17.0. The maximum absolute atomic E-state index is 6.08. The second kappa shape index (κ2) is 12.1. The third-order valence-electron chi connectivity index (χ3n) is 4.79. The van der Waals surface area contributed by atoms with Gasteiger partial charge in [0.25, 0.3) is 0 Å². The van der Waals surface area contributed by atoms with E-state index < -0.39 is 0 Å². The van der Waals surface area contributed by atoms with Crippen molar-refractivity contribution in [2.45, 2.75) is 26.0 Å². The van der Waals surface area contributed by atoms with Crippen molar-refractivity contribution in [2.24, 2.45) is 0 Å². The minimum Gasteiger partial charge on any atom is -0.493 e. The van der Waals surface area contributed by atoms with Crippen molar-refractivity contribution < 1.29 is 9.47 Å². The molecule has 1 N–H and O–H groups in total. The molecule has 6 heteroatoms. The van der Waals surface area contributed by atoms with E-state index in [2.05, 4.69) is 41.4 Å². The third-order valence-corrected chi connectivity index (χ3v) is 4.79. The number of methoxy groups -OCH3 is 1. The number of ether oxygens (including phenoxy) is 2. The molecule has 0 spiro atoms. The van der Waals surface area contributed by atoms with Gasteiger partial charge in [0.2, 0.25) is 0 Å². The second-order valence-electron chi connectivity index (χ2n) is 6.39. The Bertz CT molecular complexity index is 664. The van der Waals surface area contributed by atoms with Crippen LogP contribution in [0.3, 0.4) is 0 Å². The van der Waals surface area contributed by atoms with Crippen molar-refractivity contribution in [3.8, 4) is 11.5 Å². The van der Waals surface area contributed by atoms with E-state index in [0.717, 1.165) is 49.7 Å². The Kier molecular flexibility index (Phi) is 10.6. The Balaban J connectivity index is 0.00000182. The lowest BCUT2D eigenvalue weighted by Gasteiger charge is -2.35. The van der Waals surface area contributed by atoms with E-state index in [9.17, 15) is 0 Å². The van der Waals surface area contributed by atoms with Gasteiger partial charge in [-0.2, -0.15) is 0 Å². The van der Waals surface area contributed by atoms with Gasteiger partial charge in [0.1, 0.15) is 6.61 Å². The highest BCUT2D eigenvalue weighted by Crippen LogP contribution is 2.34. The van der Waals surface area contributed by atoms with Gasteiger partial charge in [-0.05, 0) is 29.7 Å². The average molecular weight is 413 g/mol. The van der Waals surface area contributed by atoms with Crippen LogP contribution >= 0.6 is 24.8 Å². The number of piperazine rings is 1. The lowest BCUT2D eigenvalue weighted by atomic mass is 10.0. The topological polar surface area (TPSA) is 33.7 Å². The van der Waals surface area contributed by atoms with Gasteiger partial charge in [0.05, 0.1) is 7.11 Å². The molecule has 0 amide bonds. The molecule has 1 fully saturated rings. The summed E-state index contributed by atoms with van der Waals surface area (Å²) in [5.74, 6) is 1.60. The predicted octanol–water partition coefficient (Wildman–Crippen LogP) is 4.47. The largest absolute Gasteiger partial charge is 0.493 e. The van der Waals surface area contributed by atoms with E-state index in [-0.39, 0.29) is 24.8 Å². The molecule has 0 aromatic heterocycles. The zero-order valence-electron chi connectivity index (χ0n) is 16.0. The molecule has 2 aromatic rings. The minimum atomic E-state index is 0. The van der Waals surface area contributed by atoms with Crippen molar-refractivity contribution >= 4 is 24.8 Å². The zero-order valence-corrected chi connectivity index (χ0v) is 17.7. The van der Waals surface area contributed by atoms with Crippen LogP contribution in [0, 0.1) is 0 Å². The quantitative estimate of drug-likeness (QED) is 0.726. The number of nitrogens with zero attached hydrogens (tertiary/aromatic N) is 1. The number of benzene rings is 2. The summed E-state index contributed by atoms with van der Waals surface area (Å²) < 4.78 is 11.6. The SMILES string of the molecule is CC[C@H](c1ccc(OC)c(OCc2ccccc2)c1)N1CCNCC1.Cl.Cl. The molecule has 1 heterocycles. The van der Waals surface area contributed by atoms with Gasteiger partial charge in [-0.1, -0.05) is 43.3 Å². The van der Waals surface area contributed by atoms with Gasteiger partial charge in [-0.3, -0.25) is 4.90 Å². The van der Waals surface area contributed by atoms with Crippen molar-refractivity contribution in [2.75, 3.05) is 33.3 Å². The summed E-state index contributed by atoms with van der Waals surface area (Å²) in [5.41, 5.74) is 2.46. The molecule has 0 bridgehead atoms. The van der Waals surface area contributed by atoms with Gasteiger partial charge in [0.15, 0.2) is 11.5 Å². The molecular weight excluding hydrogens is 383 g/mol. The highest BCUT2D eigenvalue weighted by atomic mass is 35.5. The van der Waals surface area contributed by atoms with Crippen LogP contribution in [0.2, 0.25) is 0 Å². The van der Waals surface area contributed by atoms with Crippen LogP contribution < -0.4 is 14.8 Å². The Morgan fingerprint density at radius 1 is 1.00 bits per heavy atom. The van der Waals surface area contributed by atoms with Crippen LogP contribution in [0.5, 0.6) is 11.5 Å². The first-order valence-electron chi connectivity index (χ1n) is 9.11. The third kappa shape index (κ3) is 6.28. The molecule has 0 aliphatic carbocycles. The molecule has 0 saturated carbocycles. The van der Waals surface area contributed by atoms with E-state index in [4.69, 9.17) is 9.47 Å². The van der Waals surface area contributed by atoms with Gasteiger partial charge >= 0.3 is 0 Å². The van der Waals surface area contributed by atoms with Gasteiger partial charge in [-0.25, -0.2) is 0 Å². The first-order valence-corrected chi connectivity index (χ1v) is 9.11. The van der Waals surface area contributed by atoms with E-state index in [1.54, 1.807) is 7.11 Å². The molecule has 27 heavy (non-hydrogen) atoms. The van der Waals surface area contributed by atoms with Gasteiger partial charge in [0, 0.05) is 32.2 Å². The van der Waals surface area contributed by atoms with Crippen LogP contribution in [0.4, 0.5) is 0 Å². The summed E-state index contributed by atoms with van der Waals surface area (Å²) >= 11 is 0. The lowest BCUT2D eigenvalue weighted by Crippen LogP contribution is -2.45. The lowest BCUT2D eigenvalue weighted by molar-refractivity contribution is 0.169. The van der Waals surface area contributed by atoms with Gasteiger partial charge in [-0.15, -0.1) is 24.8 Å². The van der Waals surface area contributed by atoms with Crippen LogP contribution in [-0.2, 0) is 6.61 Å². The minimum absolute atomic E-state index is 0. The number of nitrogens with one attached hydrogen (secondary N) is 1. The molecule has 1 aliphatic rings.